The minimum absolute atomic E-state index is 0.884. The van der Waals surface area contributed by atoms with Gasteiger partial charge in [-0.1, -0.05) is 51.7 Å². The van der Waals surface area contributed by atoms with E-state index in [0.717, 1.165) is 6.71 Å². The lowest BCUT2D eigenvalue weighted by atomic mass is 9.42. The van der Waals surface area contributed by atoms with Gasteiger partial charge < -0.3 is 0 Å². The molecule has 0 radical (unpaired) electrons. The fraction of sp³-hybridized carbons (Fsp3) is 0.818. The molecule has 0 amide bonds. The van der Waals surface area contributed by atoms with Gasteiger partial charge in [0.1, 0.15) is 6.71 Å². The largest absolute Gasteiger partial charge is 0.143 e. The van der Waals surface area contributed by atoms with E-state index in [9.17, 15) is 0 Å². The predicted molar refractivity (Wildman–Crippen MR) is 60.2 cm³/mol. The lowest BCUT2D eigenvalue weighted by Gasteiger charge is -2.10. The maximum absolute atomic E-state index is 4.13. The fourth-order valence-corrected chi connectivity index (χ4v) is 1.51. The Morgan fingerprint density at radius 1 is 1.17 bits per heavy atom. The molecule has 0 aliphatic heterocycles. The van der Waals surface area contributed by atoms with Crippen molar-refractivity contribution in [3.63, 3.8) is 0 Å². The van der Waals surface area contributed by atoms with Crippen molar-refractivity contribution in [2.75, 3.05) is 0 Å². The molecular formula is C11H23B. The predicted octanol–water partition coefficient (Wildman–Crippen LogP) is 4.27. The second kappa shape index (κ2) is 7.45. The van der Waals surface area contributed by atoms with Crippen LogP contribution < -0.4 is 0 Å². The molecule has 70 valence electrons. The van der Waals surface area contributed by atoms with Crippen LogP contribution in [0.15, 0.2) is 12.2 Å². The van der Waals surface area contributed by atoms with Crippen LogP contribution in [-0.2, 0) is 0 Å². The highest BCUT2D eigenvalue weighted by Gasteiger charge is 2.08. The van der Waals surface area contributed by atoms with E-state index in [4.69, 9.17) is 0 Å². The van der Waals surface area contributed by atoms with Crippen molar-refractivity contribution >= 4 is 6.71 Å². The molecule has 0 bridgehead atoms. The Bertz CT molecular complexity index is 114. The second-order valence-electron chi connectivity index (χ2n) is 3.74. The minimum Gasteiger partial charge on any atom is -0.101 e. The van der Waals surface area contributed by atoms with E-state index < -0.39 is 0 Å². The zero-order valence-electron chi connectivity index (χ0n) is 9.03. The highest BCUT2D eigenvalue weighted by atomic mass is 13.9. The van der Waals surface area contributed by atoms with Gasteiger partial charge in [0.05, 0.1) is 0 Å². The standard InChI is InChI=1S/C11H23B/c1-5-8-9-11(4)10-12(6-2)7-3/h4-10H2,1-3H3. The Morgan fingerprint density at radius 2 is 1.75 bits per heavy atom. The Balaban J connectivity index is 3.52. The monoisotopic (exact) mass is 166 g/mol. The van der Waals surface area contributed by atoms with Gasteiger partial charge in [0.25, 0.3) is 0 Å². The lowest BCUT2D eigenvalue weighted by molar-refractivity contribution is 0.787. The normalized spacial score (nSPS) is 9.92. The van der Waals surface area contributed by atoms with Crippen LogP contribution in [0.2, 0.25) is 19.0 Å². The van der Waals surface area contributed by atoms with Crippen molar-refractivity contribution in [2.24, 2.45) is 0 Å². The number of hydrogen-bond donors (Lipinski definition) is 0. The minimum atomic E-state index is 0.884. The first-order valence-corrected chi connectivity index (χ1v) is 5.41. The summed E-state index contributed by atoms with van der Waals surface area (Å²) in [6, 6.07) is 0. The molecule has 0 spiro atoms. The van der Waals surface area contributed by atoms with Crippen molar-refractivity contribution < 1.29 is 0 Å². The summed E-state index contributed by atoms with van der Waals surface area (Å²) in [7, 11) is 0. The van der Waals surface area contributed by atoms with Crippen LogP contribution in [0.3, 0.4) is 0 Å². The van der Waals surface area contributed by atoms with Gasteiger partial charge in [0.2, 0.25) is 0 Å². The van der Waals surface area contributed by atoms with Gasteiger partial charge in [-0.3, -0.25) is 0 Å². The quantitative estimate of drug-likeness (QED) is 0.391. The number of unbranched alkanes of at least 4 members (excludes halogenated alkanes) is 1. The third-order valence-corrected chi connectivity index (χ3v) is 2.62. The summed E-state index contributed by atoms with van der Waals surface area (Å²) < 4.78 is 0. The van der Waals surface area contributed by atoms with Gasteiger partial charge in [-0.05, 0) is 12.8 Å². The van der Waals surface area contributed by atoms with Crippen molar-refractivity contribution in [1.82, 2.24) is 0 Å². The maximum atomic E-state index is 4.13. The Labute approximate surface area is 78.5 Å². The van der Waals surface area contributed by atoms with E-state index in [1.165, 1.54) is 43.8 Å². The topological polar surface area (TPSA) is 0 Å². The molecule has 0 aromatic carbocycles. The average molecular weight is 166 g/mol. The highest BCUT2D eigenvalue weighted by Crippen LogP contribution is 2.16. The zero-order chi connectivity index (χ0) is 9.40. The zero-order valence-corrected chi connectivity index (χ0v) is 9.03. The van der Waals surface area contributed by atoms with E-state index >= 15 is 0 Å². The molecule has 0 aromatic heterocycles. The van der Waals surface area contributed by atoms with E-state index in [2.05, 4.69) is 27.4 Å². The lowest BCUT2D eigenvalue weighted by Crippen LogP contribution is -2.09. The molecule has 0 saturated carbocycles. The van der Waals surface area contributed by atoms with Gasteiger partial charge in [-0.2, -0.15) is 0 Å². The molecule has 0 aliphatic rings. The van der Waals surface area contributed by atoms with Crippen LogP contribution in [0.1, 0.15) is 40.0 Å². The van der Waals surface area contributed by atoms with E-state index in [1.807, 2.05) is 0 Å². The third kappa shape index (κ3) is 5.45. The Hall–Kier alpha value is -0.195. The average Bonchev–Trinajstić information content (AvgIpc) is 2.10. The fourth-order valence-electron chi connectivity index (χ4n) is 1.51. The highest BCUT2D eigenvalue weighted by molar-refractivity contribution is 6.59. The second-order valence-corrected chi connectivity index (χ2v) is 3.74. The molecule has 0 aliphatic carbocycles. The third-order valence-electron chi connectivity index (χ3n) is 2.62. The summed E-state index contributed by atoms with van der Waals surface area (Å²) in [5.41, 5.74) is 1.46. The summed E-state index contributed by atoms with van der Waals surface area (Å²) in [6.45, 7) is 11.8. The Morgan fingerprint density at radius 3 is 2.17 bits per heavy atom. The van der Waals surface area contributed by atoms with E-state index in [-0.39, 0.29) is 0 Å². The first-order valence-electron chi connectivity index (χ1n) is 5.41. The molecule has 0 N–H and O–H groups in total. The van der Waals surface area contributed by atoms with Crippen LogP contribution >= 0.6 is 0 Å². The van der Waals surface area contributed by atoms with Crippen molar-refractivity contribution in [3.05, 3.63) is 12.2 Å². The first-order chi connectivity index (χ1) is 5.74. The van der Waals surface area contributed by atoms with Crippen LogP contribution in [0.25, 0.3) is 0 Å². The summed E-state index contributed by atoms with van der Waals surface area (Å²) in [5.74, 6) is 0. The molecule has 0 atom stereocenters. The molecule has 0 nitrogen and oxygen atoms in total. The van der Waals surface area contributed by atoms with Gasteiger partial charge in [-0.15, -0.1) is 6.58 Å². The summed E-state index contributed by atoms with van der Waals surface area (Å²) in [4.78, 5) is 0. The SMILES string of the molecule is C=C(CCCC)CB(CC)CC. The smallest absolute Gasteiger partial charge is 0.101 e. The van der Waals surface area contributed by atoms with Crippen LogP contribution in [0.4, 0.5) is 0 Å². The number of allylic oxidation sites excluding steroid dienone is 1. The molecule has 0 fully saturated rings. The van der Waals surface area contributed by atoms with Gasteiger partial charge in [0, 0.05) is 0 Å². The first kappa shape index (κ1) is 11.8. The van der Waals surface area contributed by atoms with Gasteiger partial charge in [0.15, 0.2) is 0 Å². The summed E-state index contributed by atoms with van der Waals surface area (Å²) in [6.07, 6.45) is 7.73. The Kier molecular flexibility index (Phi) is 7.33. The van der Waals surface area contributed by atoms with Crippen molar-refractivity contribution in [3.8, 4) is 0 Å². The molecule has 0 saturated heterocycles. The van der Waals surface area contributed by atoms with E-state index in [1.54, 1.807) is 0 Å². The van der Waals surface area contributed by atoms with Crippen LogP contribution in [-0.4, -0.2) is 6.71 Å². The van der Waals surface area contributed by atoms with Gasteiger partial charge in [-0.25, -0.2) is 0 Å². The molecule has 0 heterocycles. The van der Waals surface area contributed by atoms with Crippen LogP contribution in [0.5, 0.6) is 0 Å². The molecular weight excluding hydrogens is 143 g/mol. The number of rotatable bonds is 7. The molecule has 0 rings (SSSR count). The summed E-state index contributed by atoms with van der Waals surface area (Å²) in [5, 5.41) is 0. The summed E-state index contributed by atoms with van der Waals surface area (Å²) >= 11 is 0. The molecule has 12 heavy (non-hydrogen) atoms. The van der Waals surface area contributed by atoms with Crippen LogP contribution in [0, 0.1) is 0 Å². The maximum Gasteiger partial charge on any atom is 0.143 e. The number of hydrogen-bond acceptors (Lipinski definition) is 0. The van der Waals surface area contributed by atoms with Crippen molar-refractivity contribution in [1.29, 1.82) is 0 Å². The molecule has 0 aromatic rings. The van der Waals surface area contributed by atoms with E-state index in [0.29, 0.717) is 0 Å². The molecule has 0 unspecified atom stereocenters. The van der Waals surface area contributed by atoms with Crippen molar-refractivity contribution in [2.45, 2.75) is 59.0 Å². The van der Waals surface area contributed by atoms with Gasteiger partial charge >= 0.3 is 0 Å². The molecule has 1 heteroatoms.